The van der Waals surface area contributed by atoms with Crippen molar-refractivity contribution in [3.63, 3.8) is 0 Å². The molecule has 0 heterocycles. The van der Waals surface area contributed by atoms with Gasteiger partial charge in [0.2, 0.25) is 0 Å². The van der Waals surface area contributed by atoms with E-state index in [1.54, 1.807) is 12.1 Å². The topological polar surface area (TPSA) is 63.6 Å². The van der Waals surface area contributed by atoms with Crippen molar-refractivity contribution in [3.05, 3.63) is 24.3 Å². The van der Waals surface area contributed by atoms with E-state index in [1.165, 1.54) is 12.1 Å². The Labute approximate surface area is 95.8 Å². The highest BCUT2D eigenvalue weighted by atomic mass is 32.2. The summed E-state index contributed by atoms with van der Waals surface area (Å²) in [6.07, 6.45) is 0.627. The van der Waals surface area contributed by atoms with Crippen molar-refractivity contribution in [3.8, 4) is 11.5 Å². The molecule has 5 heteroatoms. The molecule has 0 radical (unpaired) electrons. The molecule has 90 valence electrons. The predicted octanol–water partition coefficient (Wildman–Crippen LogP) is 1.60. The molecule has 0 aliphatic rings. The van der Waals surface area contributed by atoms with E-state index >= 15 is 0 Å². The molecule has 4 nitrogen and oxygen atoms in total. The molecule has 1 aromatic rings. The van der Waals surface area contributed by atoms with Crippen molar-refractivity contribution in [1.29, 1.82) is 0 Å². The van der Waals surface area contributed by atoms with Crippen LogP contribution in [0.4, 0.5) is 0 Å². The molecule has 0 aliphatic carbocycles. The third-order valence-corrected chi connectivity index (χ3v) is 3.83. The van der Waals surface area contributed by atoms with Gasteiger partial charge in [0.05, 0.1) is 11.5 Å². The third kappa shape index (κ3) is 4.53. The van der Waals surface area contributed by atoms with Crippen LogP contribution >= 0.6 is 0 Å². The van der Waals surface area contributed by atoms with Crippen LogP contribution in [0.15, 0.2) is 24.3 Å². The molecule has 0 atom stereocenters. The quantitative estimate of drug-likeness (QED) is 0.825. The fourth-order valence-electron chi connectivity index (χ4n) is 1.24. The highest BCUT2D eigenvalue weighted by Crippen LogP contribution is 2.15. The zero-order chi connectivity index (χ0) is 12.0. The summed E-state index contributed by atoms with van der Waals surface area (Å²) in [5.41, 5.74) is 0. The lowest BCUT2D eigenvalue weighted by atomic mass is 10.3. The minimum absolute atomic E-state index is 0.0295. The first-order valence-corrected chi connectivity index (χ1v) is 6.98. The van der Waals surface area contributed by atoms with Crippen LogP contribution in [0.25, 0.3) is 0 Å². The number of rotatable bonds is 6. The summed E-state index contributed by atoms with van der Waals surface area (Å²) in [5.74, 6) is 0.948. The zero-order valence-corrected chi connectivity index (χ0v) is 10.0. The van der Waals surface area contributed by atoms with Crippen LogP contribution < -0.4 is 4.74 Å². The Morgan fingerprint density at radius 1 is 1.19 bits per heavy atom. The average molecular weight is 244 g/mol. The van der Waals surface area contributed by atoms with Gasteiger partial charge >= 0.3 is 0 Å². The second-order valence-electron chi connectivity index (χ2n) is 3.49. The first-order chi connectivity index (χ1) is 7.53. The van der Waals surface area contributed by atoms with E-state index < -0.39 is 9.84 Å². The number of phenolic OH excluding ortho intramolecular Hbond substituents is 1. The second kappa shape index (κ2) is 5.75. The maximum Gasteiger partial charge on any atom is 0.153 e. The van der Waals surface area contributed by atoms with Crippen LogP contribution in [0.2, 0.25) is 0 Å². The van der Waals surface area contributed by atoms with Crippen molar-refractivity contribution in [2.24, 2.45) is 0 Å². The summed E-state index contributed by atoms with van der Waals surface area (Å²) in [6, 6.07) is 6.19. The van der Waals surface area contributed by atoms with Gasteiger partial charge in [0.1, 0.15) is 18.1 Å². The zero-order valence-electron chi connectivity index (χ0n) is 9.22. The summed E-state index contributed by atoms with van der Waals surface area (Å²) in [7, 11) is -2.98. The smallest absolute Gasteiger partial charge is 0.153 e. The SMILES string of the molecule is CCCS(=O)(=O)CCOc1ccc(O)cc1. The van der Waals surface area contributed by atoms with Crippen LogP contribution in [-0.4, -0.2) is 31.6 Å². The fraction of sp³-hybridized carbons (Fsp3) is 0.455. The molecule has 0 spiro atoms. The minimum Gasteiger partial charge on any atom is -0.508 e. The van der Waals surface area contributed by atoms with Gasteiger partial charge in [0.15, 0.2) is 9.84 Å². The van der Waals surface area contributed by atoms with Crippen molar-refractivity contribution in [2.45, 2.75) is 13.3 Å². The molecule has 0 bridgehead atoms. The second-order valence-corrected chi connectivity index (χ2v) is 5.80. The Balaban J connectivity index is 2.39. The molecule has 0 unspecified atom stereocenters. The van der Waals surface area contributed by atoms with E-state index in [0.717, 1.165) is 0 Å². The third-order valence-electron chi connectivity index (χ3n) is 2.01. The standard InChI is InChI=1S/C11H16O4S/c1-2-8-16(13,14)9-7-15-11-5-3-10(12)4-6-11/h3-6,12H,2,7-9H2,1H3. The summed E-state index contributed by atoms with van der Waals surface area (Å²) in [4.78, 5) is 0. The molecule has 1 N–H and O–H groups in total. The number of aromatic hydroxyl groups is 1. The van der Waals surface area contributed by atoms with Crippen molar-refractivity contribution in [2.75, 3.05) is 18.1 Å². The monoisotopic (exact) mass is 244 g/mol. The predicted molar refractivity (Wildman–Crippen MR) is 62.5 cm³/mol. The molecule has 1 rings (SSSR count). The maximum atomic E-state index is 11.4. The molecule has 0 aliphatic heterocycles. The molecule has 16 heavy (non-hydrogen) atoms. The Kier molecular flexibility index (Phi) is 4.61. The Morgan fingerprint density at radius 2 is 1.81 bits per heavy atom. The summed E-state index contributed by atoms with van der Waals surface area (Å²) in [5, 5.41) is 9.03. The number of benzene rings is 1. The van der Waals surface area contributed by atoms with E-state index in [4.69, 9.17) is 9.84 Å². The molecular formula is C11H16O4S. The lowest BCUT2D eigenvalue weighted by Gasteiger charge is -2.06. The Hall–Kier alpha value is -1.23. The van der Waals surface area contributed by atoms with E-state index in [9.17, 15) is 8.42 Å². The van der Waals surface area contributed by atoms with Crippen molar-refractivity contribution >= 4 is 9.84 Å². The highest BCUT2D eigenvalue weighted by Gasteiger charge is 2.09. The molecular weight excluding hydrogens is 228 g/mol. The van der Waals surface area contributed by atoms with Crippen LogP contribution in [0.1, 0.15) is 13.3 Å². The summed E-state index contributed by atoms with van der Waals surface area (Å²) >= 11 is 0. The summed E-state index contributed by atoms with van der Waals surface area (Å²) < 4.78 is 28.0. The Bertz CT molecular complexity index is 408. The largest absolute Gasteiger partial charge is 0.508 e. The Morgan fingerprint density at radius 3 is 2.38 bits per heavy atom. The lowest BCUT2D eigenvalue weighted by Crippen LogP contribution is -2.16. The van der Waals surface area contributed by atoms with Gasteiger partial charge in [0.25, 0.3) is 0 Å². The maximum absolute atomic E-state index is 11.4. The fourth-order valence-corrected chi connectivity index (χ4v) is 2.41. The highest BCUT2D eigenvalue weighted by molar-refractivity contribution is 7.91. The van der Waals surface area contributed by atoms with Gasteiger partial charge in [-0.05, 0) is 30.7 Å². The van der Waals surface area contributed by atoms with Gasteiger partial charge < -0.3 is 9.84 Å². The van der Waals surface area contributed by atoms with Crippen LogP contribution in [0, 0.1) is 0 Å². The molecule has 0 fully saturated rings. The van der Waals surface area contributed by atoms with Gasteiger partial charge in [-0.3, -0.25) is 0 Å². The first kappa shape index (κ1) is 12.8. The molecule has 0 saturated carbocycles. The number of phenols is 1. The van der Waals surface area contributed by atoms with Crippen LogP contribution in [0.3, 0.4) is 0 Å². The van der Waals surface area contributed by atoms with Gasteiger partial charge in [0, 0.05) is 0 Å². The number of hydrogen-bond donors (Lipinski definition) is 1. The lowest BCUT2D eigenvalue weighted by molar-refractivity contribution is 0.340. The number of ether oxygens (including phenoxy) is 1. The van der Waals surface area contributed by atoms with Gasteiger partial charge in [-0.25, -0.2) is 8.42 Å². The first-order valence-electron chi connectivity index (χ1n) is 5.16. The molecule has 1 aromatic carbocycles. The van der Waals surface area contributed by atoms with Gasteiger partial charge in [-0.1, -0.05) is 6.92 Å². The average Bonchev–Trinajstić information content (AvgIpc) is 2.20. The van der Waals surface area contributed by atoms with E-state index in [-0.39, 0.29) is 23.9 Å². The van der Waals surface area contributed by atoms with E-state index in [2.05, 4.69) is 0 Å². The van der Waals surface area contributed by atoms with Crippen LogP contribution in [-0.2, 0) is 9.84 Å². The van der Waals surface area contributed by atoms with Crippen LogP contribution in [0.5, 0.6) is 11.5 Å². The number of hydrogen-bond acceptors (Lipinski definition) is 4. The molecule has 0 aromatic heterocycles. The number of sulfone groups is 1. The minimum atomic E-state index is -2.98. The van der Waals surface area contributed by atoms with Gasteiger partial charge in [-0.2, -0.15) is 0 Å². The molecule has 0 amide bonds. The van der Waals surface area contributed by atoms with Gasteiger partial charge in [-0.15, -0.1) is 0 Å². The summed E-state index contributed by atoms with van der Waals surface area (Å²) in [6.45, 7) is 1.98. The van der Waals surface area contributed by atoms with E-state index in [0.29, 0.717) is 12.2 Å². The molecule has 0 saturated heterocycles. The normalized spacial score (nSPS) is 11.3. The van der Waals surface area contributed by atoms with Crippen molar-refractivity contribution < 1.29 is 18.3 Å². The van der Waals surface area contributed by atoms with E-state index in [1.807, 2.05) is 6.92 Å². The van der Waals surface area contributed by atoms with Crippen molar-refractivity contribution in [1.82, 2.24) is 0 Å².